The molecular formula is C21H22N2O2. The normalized spacial score (nSPS) is 15.6. The average Bonchev–Trinajstić information content (AvgIpc) is 3.05. The molecule has 2 heterocycles. The van der Waals surface area contributed by atoms with E-state index in [1.165, 1.54) is 16.6 Å². The second-order valence-corrected chi connectivity index (χ2v) is 6.90. The van der Waals surface area contributed by atoms with E-state index in [4.69, 9.17) is 0 Å². The van der Waals surface area contributed by atoms with Crippen molar-refractivity contribution in [1.82, 2.24) is 9.88 Å². The van der Waals surface area contributed by atoms with Crippen LogP contribution in [0.25, 0.3) is 10.9 Å². The average molecular weight is 334 g/mol. The Balaban J connectivity index is 1.46. The lowest BCUT2D eigenvalue weighted by Crippen LogP contribution is -2.38. The minimum Gasteiger partial charge on any atom is -0.507 e. The molecule has 0 saturated carbocycles. The Labute approximate surface area is 147 Å². The Bertz CT molecular complexity index is 888. The van der Waals surface area contributed by atoms with Crippen LogP contribution in [-0.4, -0.2) is 34.0 Å². The fourth-order valence-corrected chi connectivity index (χ4v) is 3.70. The van der Waals surface area contributed by atoms with Crippen molar-refractivity contribution in [2.75, 3.05) is 13.1 Å². The van der Waals surface area contributed by atoms with Crippen LogP contribution >= 0.6 is 0 Å². The number of phenols is 1. The molecule has 2 N–H and O–H groups in total. The summed E-state index contributed by atoms with van der Waals surface area (Å²) in [6, 6.07) is 15.8. The molecule has 0 aliphatic carbocycles. The van der Waals surface area contributed by atoms with Gasteiger partial charge in [-0.1, -0.05) is 24.3 Å². The molecule has 0 unspecified atom stereocenters. The van der Waals surface area contributed by atoms with E-state index in [2.05, 4.69) is 29.2 Å². The fourth-order valence-electron chi connectivity index (χ4n) is 3.70. The van der Waals surface area contributed by atoms with Crippen molar-refractivity contribution in [3.63, 3.8) is 0 Å². The zero-order valence-electron chi connectivity index (χ0n) is 14.3. The van der Waals surface area contributed by atoms with Gasteiger partial charge >= 0.3 is 0 Å². The predicted octanol–water partition coefficient (Wildman–Crippen LogP) is 4.20. The number of benzene rings is 2. The summed E-state index contributed by atoms with van der Waals surface area (Å²) < 4.78 is 0. The summed E-state index contributed by atoms with van der Waals surface area (Å²) in [4.78, 5) is 18.0. The van der Waals surface area contributed by atoms with Gasteiger partial charge < -0.3 is 15.0 Å². The van der Waals surface area contributed by atoms with Crippen LogP contribution in [0.15, 0.2) is 48.5 Å². The molecule has 0 atom stereocenters. The lowest BCUT2D eigenvalue weighted by atomic mass is 9.93. The first-order valence-electron chi connectivity index (χ1n) is 8.78. The van der Waals surface area contributed by atoms with Crippen molar-refractivity contribution in [2.24, 2.45) is 0 Å². The van der Waals surface area contributed by atoms with Crippen molar-refractivity contribution in [3.8, 4) is 5.75 Å². The molecule has 1 aliphatic heterocycles. The van der Waals surface area contributed by atoms with Gasteiger partial charge in [-0.05, 0) is 55.0 Å². The second kappa shape index (κ2) is 6.28. The van der Waals surface area contributed by atoms with Crippen molar-refractivity contribution >= 4 is 16.8 Å². The van der Waals surface area contributed by atoms with Gasteiger partial charge in [0.25, 0.3) is 5.91 Å². The molecule has 25 heavy (non-hydrogen) atoms. The predicted molar refractivity (Wildman–Crippen MR) is 99.0 cm³/mol. The molecule has 1 fully saturated rings. The number of H-pyrrole nitrogens is 1. The van der Waals surface area contributed by atoms with Crippen LogP contribution in [0.5, 0.6) is 5.75 Å². The van der Waals surface area contributed by atoms with Gasteiger partial charge in [0.15, 0.2) is 0 Å². The van der Waals surface area contributed by atoms with E-state index >= 15 is 0 Å². The van der Waals surface area contributed by atoms with Crippen LogP contribution in [-0.2, 0) is 0 Å². The highest BCUT2D eigenvalue weighted by molar-refractivity contribution is 5.97. The quantitative estimate of drug-likeness (QED) is 0.738. The van der Waals surface area contributed by atoms with Gasteiger partial charge in [0.2, 0.25) is 0 Å². The standard InChI is InChI=1S/C21H22N2O2/c1-14-6-7-17(20(24)12-14)21(25)23-10-8-15(9-11-23)19-13-16-4-2-3-5-18(16)22-19/h2-7,12-13,15,22,24H,8-11H2,1H3. The number of rotatable bonds is 2. The van der Waals surface area contributed by atoms with Gasteiger partial charge in [0, 0.05) is 30.2 Å². The third kappa shape index (κ3) is 3.00. The molecule has 1 amide bonds. The summed E-state index contributed by atoms with van der Waals surface area (Å²) in [6.45, 7) is 3.33. The Hall–Kier alpha value is -2.75. The first kappa shape index (κ1) is 15.8. The molecule has 4 nitrogen and oxygen atoms in total. The van der Waals surface area contributed by atoms with Gasteiger partial charge in [-0.3, -0.25) is 4.79 Å². The molecule has 4 heteroatoms. The number of carbonyl (C=O) groups is 1. The van der Waals surface area contributed by atoms with Crippen molar-refractivity contribution in [3.05, 3.63) is 65.4 Å². The van der Waals surface area contributed by atoms with Crippen molar-refractivity contribution in [2.45, 2.75) is 25.7 Å². The molecular weight excluding hydrogens is 312 g/mol. The van der Waals surface area contributed by atoms with E-state index in [0.717, 1.165) is 18.4 Å². The highest BCUT2D eigenvalue weighted by Crippen LogP contribution is 2.31. The van der Waals surface area contributed by atoms with Crippen LogP contribution in [0.1, 0.15) is 40.4 Å². The third-order valence-electron chi connectivity index (χ3n) is 5.16. The van der Waals surface area contributed by atoms with Crippen LogP contribution in [0.4, 0.5) is 0 Å². The van der Waals surface area contributed by atoms with Crippen molar-refractivity contribution < 1.29 is 9.90 Å². The van der Waals surface area contributed by atoms with Crippen LogP contribution in [0, 0.1) is 6.92 Å². The number of carbonyl (C=O) groups excluding carboxylic acids is 1. The number of aryl methyl sites for hydroxylation is 1. The van der Waals surface area contributed by atoms with Gasteiger partial charge in [0.1, 0.15) is 5.75 Å². The number of nitrogens with zero attached hydrogens (tertiary/aromatic N) is 1. The number of para-hydroxylation sites is 1. The maximum absolute atomic E-state index is 12.7. The summed E-state index contributed by atoms with van der Waals surface area (Å²) in [7, 11) is 0. The largest absolute Gasteiger partial charge is 0.507 e. The Morgan fingerprint density at radius 2 is 1.88 bits per heavy atom. The Morgan fingerprint density at radius 1 is 1.12 bits per heavy atom. The Morgan fingerprint density at radius 3 is 2.60 bits per heavy atom. The number of amides is 1. The van der Waals surface area contributed by atoms with Crippen LogP contribution in [0.3, 0.4) is 0 Å². The van der Waals surface area contributed by atoms with E-state index in [1.54, 1.807) is 12.1 Å². The van der Waals surface area contributed by atoms with E-state index < -0.39 is 0 Å². The minimum absolute atomic E-state index is 0.0720. The monoisotopic (exact) mass is 334 g/mol. The summed E-state index contributed by atoms with van der Waals surface area (Å²) in [5.74, 6) is 0.443. The van der Waals surface area contributed by atoms with E-state index in [9.17, 15) is 9.90 Å². The summed E-state index contributed by atoms with van der Waals surface area (Å²) >= 11 is 0. The molecule has 0 bridgehead atoms. The second-order valence-electron chi connectivity index (χ2n) is 6.90. The first-order chi connectivity index (χ1) is 12.1. The van der Waals surface area contributed by atoms with Crippen LogP contribution < -0.4 is 0 Å². The van der Waals surface area contributed by atoms with Gasteiger partial charge in [-0.25, -0.2) is 0 Å². The maximum atomic E-state index is 12.7. The molecule has 1 aliphatic rings. The molecule has 1 saturated heterocycles. The Kier molecular flexibility index (Phi) is 3.96. The minimum atomic E-state index is -0.0763. The zero-order valence-corrected chi connectivity index (χ0v) is 14.3. The van der Waals surface area contributed by atoms with Crippen LogP contribution in [0.2, 0.25) is 0 Å². The number of aromatic nitrogens is 1. The number of phenolic OH excluding ortho intramolecular Hbond substituents is 1. The lowest BCUT2D eigenvalue weighted by molar-refractivity contribution is 0.0709. The molecule has 1 aromatic heterocycles. The molecule has 128 valence electrons. The summed E-state index contributed by atoms with van der Waals surface area (Å²) in [6.07, 6.45) is 1.87. The number of aromatic amines is 1. The number of aromatic hydroxyl groups is 1. The number of piperidine rings is 1. The maximum Gasteiger partial charge on any atom is 0.257 e. The SMILES string of the molecule is Cc1ccc(C(=O)N2CCC(c3cc4ccccc4[nH]3)CC2)c(O)c1. The fraction of sp³-hybridized carbons (Fsp3) is 0.286. The van der Waals surface area contributed by atoms with Gasteiger partial charge in [-0.2, -0.15) is 0 Å². The number of likely N-dealkylation sites (tertiary alicyclic amines) is 1. The molecule has 3 aromatic rings. The number of hydrogen-bond acceptors (Lipinski definition) is 2. The van der Waals surface area contributed by atoms with E-state index in [1.807, 2.05) is 24.0 Å². The molecule has 0 radical (unpaired) electrons. The van der Waals surface area contributed by atoms with Gasteiger partial charge in [-0.15, -0.1) is 0 Å². The smallest absolute Gasteiger partial charge is 0.257 e. The topological polar surface area (TPSA) is 56.3 Å². The van der Waals surface area contributed by atoms with Crippen molar-refractivity contribution in [1.29, 1.82) is 0 Å². The third-order valence-corrected chi connectivity index (χ3v) is 5.16. The first-order valence-corrected chi connectivity index (χ1v) is 8.78. The number of nitrogens with one attached hydrogen (secondary N) is 1. The number of fused-ring (bicyclic) bond motifs is 1. The van der Waals surface area contributed by atoms with Gasteiger partial charge in [0.05, 0.1) is 5.56 Å². The highest BCUT2D eigenvalue weighted by Gasteiger charge is 2.26. The zero-order chi connectivity index (χ0) is 17.4. The van der Waals surface area contributed by atoms with E-state index in [-0.39, 0.29) is 11.7 Å². The lowest BCUT2D eigenvalue weighted by Gasteiger charge is -2.32. The number of hydrogen-bond donors (Lipinski definition) is 2. The highest BCUT2D eigenvalue weighted by atomic mass is 16.3. The molecule has 2 aromatic carbocycles. The molecule has 0 spiro atoms. The van der Waals surface area contributed by atoms with E-state index in [0.29, 0.717) is 24.6 Å². The summed E-state index contributed by atoms with van der Waals surface area (Å²) in [5, 5.41) is 11.3. The summed E-state index contributed by atoms with van der Waals surface area (Å²) in [5.41, 5.74) is 3.77. The molecule has 4 rings (SSSR count).